The van der Waals surface area contributed by atoms with Gasteiger partial charge in [0.1, 0.15) is 11.4 Å². The van der Waals surface area contributed by atoms with Gasteiger partial charge in [0.25, 0.3) is 0 Å². The summed E-state index contributed by atoms with van der Waals surface area (Å²) in [5, 5.41) is 41.7. The molecule has 1 aliphatic carbocycles. The van der Waals surface area contributed by atoms with Crippen LogP contribution in [-0.2, 0) is 32.0 Å². The standard InChI is InChI=1S/C30H46N2O9/c1-4-5-6-7-12-41-27(38)9-8-20-16-23(32(2)3)22-14-19(15-24(35)28(22)29(20)39)13-21(10-11-33)30(40,18-34)25(36)17-26(31)37/h16,19,21,33-34,39-40H,4-15,17-18H2,1-3H3,(H2,31,37)/t19-,21-,30-/m1/s1. The lowest BCUT2D eigenvalue weighted by Gasteiger charge is -2.37. The molecule has 0 spiro atoms. The summed E-state index contributed by atoms with van der Waals surface area (Å²) in [7, 11) is 3.60. The van der Waals surface area contributed by atoms with Crippen molar-refractivity contribution in [1.29, 1.82) is 0 Å². The molecule has 230 valence electrons. The maximum Gasteiger partial charge on any atom is 0.306 e. The highest BCUT2D eigenvalue weighted by Gasteiger charge is 2.45. The van der Waals surface area contributed by atoms with Crippen molar-refractivity contribution in [2.75, 3.05) is 38.8 Å². The highest BCUT2D eigenvalue weighted by Crippen LogP contribution is 2.43. The van der Waals surface area contributed by atoms with Crippen molar-refractivity contribution in [2.24, 2.45) is 17.6 Å². The number of phenols is 1. The molecule has 0 heterocycles. The number of hydrogen-bond acceptors (Lipinski definition) is 10. The number of nitrogens with zero attached hydrogens (tertiary/aromatic N) is 1. The Morgan fingerprint density at radius 3 is 2.46 bits per heavy atom. The Morgan fingerprint density at radius 1 is 1.17 bits per heavy atom. The van der Waals surface area contributed by atoms with Crippen LogP contribution in [0.1, 0.15) is 86.2 Å². The summed E-state index contributed by atoms with van der Waals surface area (Å²) >= 11 is 0. The van der Waals surface area contributed by atoms with Crippen molar-refractivity contribution in [1.82, 2.24) is 0 Å². The van der Waals surface area contributed by atoms with Crippen LogP contribution in [0.5, 0.6) is 5.75 Å². The fraction of sp³-hybridized carbons (Fsp3) is 0.667. The average molecular weight is 579 g/mol. The molecule has 11 heteroatoms. The first-order chi connectivity index (χ1) is 19.4. The van der Waals surface area contributed by atoms with Gasteiger partial charge in [-0.2, -0.15) is 0 Å². The minimum atomic E-state index is -2.30. The third-order valence-corrected chi connectivity index (χ3v) is 7.88. The first kappa shape index (κ1) is 34.2. The van der Waals surface area contributed by atoms with Crippen LogP contribution in [0.2, 0.25) is 0 Å². The Hall–Kier alpha value is -3.02. The maximum atomic E-state index is 13.4. The highest BCUT2D eigenvalue weighted by atomic mass is 16.5. The molecule has 1 amide bonds. The minimum Gasteiger partial charge on any atom is -0.507 e. The predicted octanol–water partition coefficient (Wildman–Crippen LogP) is 1.82. The number of unbranched alkanes of at least 4 members (excludes halogenated alkanes) is 3. The summed E-state index contributed by atoms with van der Waals surface area (Å²) in [5.41, 5.74) is 4.77. The van der Waals surface area contributed by atoms with Crippen molar-refractivity contribution in [2.45, 2.75) is 83.2 Å². The van der Waals surface area contributed by atoms with E-state index in [1.54, 1.807) is 20.2 Å². The van der Waals surface area contributed by atoms with Gasteiger partial charge in [0, 0.05) is 39.2 Å². The summed E-state index contributed by atoms with van der Waals surface area (Å²) in [6.07, 6.45) is 3.86. The quantitative estimate of drug-likeness (QED) is 0.0976. The fourth-order valence-electron chi connectivity index (χ4n) is 5.63. The lowest BCUT2D eigenvalue weighted by molar-refractivity contribution is -0.153. The zero-order valence-electron chi connectivity index (χ0n) is 24.5. The second-order valence-corrected chi connectivity index (χ2v) is 11.2. The van der Waals surface area contributed by atoms with E-state index in [2.05, 4.69) is 6.92 Å². The van der Waals surface area contributed by atoms with E-state index in [4.69, 9.17) is 10.5 Å². The third-order valence-electron chi connectivity index (χ3n) is 7.88. The summed E-state index contributed by atoms with van der Waals surface area (Å²) < 4.78 is 5.30. The van der Waals surface area contributed by atoms with Crippen molar-refractivity contribution >= 4 is 29.1 Å². The van der Waals surface area contributed by atoms with Gasteiger partial charge in [0.15, 0.2) is 11.6 Å². The van der Waals surface area contributed by atoms with E-state index in [-0.39, 0.29) is 67.7 Å². The van der Waals surface area contributed by atoms with Gasteiger partial charge >= 0.3 is 5.97 Å². The molecule has 11 nitrogen and oxygen atoms in total. The van der Waals surface area contributed by atoms with Gasteiger partial charge in [0.2, 0.25) is 5.91 Å². The Bertz CT molecular complexity index is 1090. The van der Waals surface area contributed by atoms with Crippen molar-refractivity contribution in [3.8, 4) is 5.75 Å². The van der Waals surface area contributed by atoms with Crippen LogP contribution in [0.15, 0.2) is 6.07 Å². The number of primary amides is 1. The van der Waals surface area contributed by atoms with E-state index in [1.165, 1.54) is 0 Å². The van der Waals surface area contributed by atoms with E-state index in [1.807, 2.05) is 4.90 Å². The molecule has 1 aromatic rings. The zero-order valence-corrected chi connectivity index (χ0v) is 24.5. The second kappa shape index (κ2) is 15.8. The van der Waals surface area contributed by atoms with Crippen LogP contribution in [-0.4, -0.2) is 83.4 Å². The van der Waals surface area contributed by atoms with Gasteiger partial charge in [-0.05, 0) is 61.1 Å². The van der Waals surface area contributed by atoms with Crippen molar-refractivity contribution < 1.29 is 44.3 Å². The average Bonchev–Trinajstić information content (AvgIpc) is 2.91. The van der Waals surface area contributed by atoms with Crippen LogP contribution < -0.4 is 10.6 Å². The predicted molar refractivity (Wildman–Crippen MR) is 153 cm³/mol. The van der Waals surface area contributed by atoms with Gasteiger partial charge in [-0.1, -0.05) is 26.2 Å². The number of ketones is 2. The molecule has 41 heavy (non-hydrogen) atoms. The zero-order chi connectivity index (χ0) is 30.7. The topological polar surface area (TPSA) is 188 Å². The number of carbonyl (C=O) groups is 4. The molecule has 0 fully saturated rings. The summed E-state index contributed by atoms with van der Waals surface area (Å²) in [6.45, 7) is 1.11. The number of benzene rings is 1. The Balaban J connectivity index is 2.27. The lowest BCUT2D eigenvalue weighted by Crippen LogP contribution is -2.51. The molecule has 0 unspecified atom stereocenters. The number of amides is 1. The number of esters is 1. The SMILES string of the molecule is CCCCCCOC(=O)CCc1cc(N(C)C)c2c(c1O)C(=O)C[C@H](C[C@@H](CCO)[C@](O)(CO)C(=O)CC(N)=O)C2. The van der Waals surface area contributed by atoms with Gasteiger partial charge in [-0.3, -0.25) is 19.2 Å². The molecular weight excluding hydrogens is 532 g/mol. The van der Waals surface area contributed by atoms with E-state index in [0.29, 0.717) is 29.8 Å². The van der Waals surface area contributed by atoms with Gasteiger partial charge < -0.3 is 35.8 Å². The number of aliphatic hydroxyl groups excluding tert-OH is 2. The molecule has 1 aromatic carbocycles. The third kappa shape index (κ3) is 8.98. The van der Waals surface area contributed by atoms with Crippen LogP contribution >= 0.6 is 0 Å². The summed E-state index contributed by atoms with van der Waals surface area (Å²) in [4.78, 5) is 51.4. The molecule has 0 radical (unpaired) electrons. The molecule has 3 atom stereocenters. The number of hydrogen-bond donors (Lipinski definition) is 5. The van der Waals surface area contributed by atoms with E-state index < -0.39 is 36.2 Å². The van der Waals surface area contributed by atoms with Gasteiger partial charge in [-0.15, -0.1) is 0 Å². The first-order valence-electron chi connectivity index (χ1n) is 14.4. The first-order valence-corrected chi connectivity index (χ1v) is 14.4. The molecule has 0 aliphatic heterocycles. The Kier molecular flexibility index (Phi) is 13.2. The number of aromatic hydroxyl groups is 1. The van der Waals surface area contributed by atoms with Crippen molar-refractivity contribution in [3.63, 3.8) is 0 Å². The Morgan fingerprint density at radius 2 is 1.88 bits per heavy atom. The van der Waals surface area contributed by atoms with Crippen LogP contribution in [0, 0.1) is 11.8 Å². The second-order valence-electron chi connectivity index (χ2n) is 11.2. The number of Topliss-reactive ketones (excluding diaryl/α,β-unsaturated/α-hetero) is 2. The van der Waals surface area contributed by atoms with Crippen molar-refractivity contribution in [3.05, 3.63) is 22.8 Å². The number of rotatable bonds is 18. The number of nitrogens with two attached hydrogens (primary N) is 1. The minimum absolute atomic E-state index is 0.00410. The number of phenolic OH excluding ortho intramolecular Hbond substituents is 1. The number of carbonyl (C=O) groups excluding carboxylic acids is 4. The smallest absolute Gasteiger partial charge is 0.306 e. The molecule has 2 rings (SSSR count). The maximum absolute atomic E-state index is 13.4. The summed E-state index contributed by atoms with van der Waals surface area (Å²) in [5.74, 6) is -4.06. The Labute approximate surface area is 241 Å². The van der Waals surface area contributed by atoms with Crippen LogP contribution in [0.3, 0.4) is 0 Å². The molecule has 6 N–H and O–H groups in total. The van der Waals surface area contributed by atoms with E-state index >= 15 is 0 Å². The normalized spacial score (nSPS) is 16.9. The molecule has 0 aromatic heterocycles. The number of ether oxygens (including phenoxy) is 1. The molecule has 0 saturated carbocycles. The summed E-state index contributed by atoms with van der Waals surface area (Å²) in [6, 6.07) is 1.75. The number of aryl methyl sites for hydroxylation is 1. The highest BCUT2D eigenvalue weighted by molar-refractivity contribution is 6.03. The van der Waals surface area contributed by atoms with E-state index in [9.17, 15) is 39.6 Å². The monoisotopic (exact) mass is 578 g/mol. The van der Waals surface area contributed by atoms with E-state index in [0.717, 1.165) is 25.7 Å². The van der Waals surface area contributed by atoms with Gasteiger partial charge in [-0.25, -0.2) is 0 Å². The fourth-order valence-corrected chi connectivity index (χ4v) is 5.63. The number of anilines is 1. The van der Waals surface area contributed by atoms with Crippen LogP contribution in [0.25, 0.3) is 0 Å². The number of fused-ring (bicyclic) bond motifs is 1. The van der Waals surface area contributed by atoms with Crippen LogP contribution in [0.4, 0.5) is 5.69 Å². The lowest BCUT2D eigenvalue weighted by atomic mass is 9.71. The molecular formula is C30H46N2O9. The molecule has 0 bridgehead atoms. The van der Waals surface area contributed by atoms with Gasteiger partial charge in [0.05, 0.1) is 25.2 Å². The largest absolute Gasteiger partial charge is 0.507 e. The number of aliphatic hydroxyl groups is 3. The molecule has 0 saturated heterocycles. The molecule has 1 aliphatic rings.